The first-order valence-electron chi connectivity index (χ1n) is 6.11. The van der Waals surface area contributed by atoms with Gasteiger partial charge in [0.05, 0.1) is 16.0 Å². The van der Waals surface area contributed by atoms with Crippen molar-refractivity contribution in [1.82, 2.24) is 10.1 Å². The highest BCUT2D eigenvalue weighted by Crippen LogP contribution is 2.28. The fourth-order valence-electron chi connectivity index (χ4n) is 2.08. The lowest BCUT2D eigenvalue weighted by atomic mass is 10.1. The molecule has 1 aliphatic heterocycles. The van der Waals surface area contributed by atoms with E-state index in [4.69, 9.17) is 15.0 Å². The second-order valence-electron chi connectivity index (χ2n) is 4.41. The van der Waals surface area contributed by atoms with Gasteiger partial charge in [-0.2, -0.15) is 4.98 Å². The van der Waals surface area contributed by atoms with Gasteiger partial charge in [-0.15, -0.1) is 11.3 Å². The smallest absolute Gasteiger partial charge is 0.268 e. The van der Waals surface area contributed by atoms with Crippen molar-refractivity contribution in [3.63, 3.8) is 0 Å². The monoisotopic (exact) mass is 265 g/mol. The maximum absolute atomic E-state index is 5.68. The molecule has 1 aliphatic rings. The van der Waals surface area contributed by atoms with Crippen LogP contribution in [0.25, 0.3) is 10.8 Å². The number of ether oxygens (including phenoxy) is 1. The van der Waals surface area contributed by atoms with Crippen LogP contribution in [0.15, 0.2) is 16.7 Å². The van der Waals surface area contributed by atoms with E-state index in [0.29, 0.717) is 11.7 Å². The van der Waals surface area contributed by atoms with Gasteiger partial charge in [-0.1, -0.05) is 5.16 Å². The molecule has 1 unspecified atom stereocenters. The van der Waals surface area contributed by atoms with Gasteiger partial charge in [-0.05, 0) is 31.4 Å². The number of anilines is 1. The molecule has 96 valence electrons. The quantitative estimate of drug-likeness (QED) is 0.922. The molecule has 1 atom stereocenters. The van der Waals surface area contributed by atoms with Crippen molar-refractivity contribution in [2.45, 2.75) is 31.8 Å². The van der Waals surface area contributed by atoms with Gasteiger partial charge in [0.15, 0.2) is 5.82 Å². The summed E-state index contributed by atoms with van der Waals surface area (Å²) in [6.07, 6.45) is 4.41. The Morgan fingerprint density at radius 2 is 2.33 bits per heavy atom. The van der Waals surface area contributed by atoms with Gasteiger partial charge in [0.2, 0.25) is 0 Å². The van der Waals surface area contributed by atoms with Crippen molar-refractivity contribution in [2.24, 2.45) is 0 Å². The summed E-state index contributed by atoms with van der Waals surface area (Å²) in [6.45, 7) is 0.844. The third-order valence-corrected chi connectivity index (χ3v) is 3.89. The van der Waals surface area contributed by atoms with Crippen LogP contribution in [0.1, 0.15) is 25.1 Å². The van der Waals surface area contributed by atoms with Crippen LogP contribution in [0.4, 0.5) is 5.00 Å². The summed E-state index contributed by atoms with van der Waals surface area (Å²) in [6, 6.07) is 3.74. The van der Waals surface area contributed by atoms with Gasteiger partial charge in [-0.3, -0.25) is 0 Å². The maximum Gasteiger partial charge on any atom is 0.268 e. The van der Waals surface area contributed by atoms with E-state index >= 15 is 0 Å². The number of thiophene rings is 1. The summed E-state index contributed by atoms with van der Waals surface area (Å²) >= 11 is 1.45. The van der Waals surface area contributed by atoms with Gasteiger partial charge in [-0.25, -0.2) is 0 Å². The number of aromatic nitrogens is 2. The molecule has 5 nitrogen and oxygen atoms in total. The molecule has 18 heavy (non-hydrogen) atoms. The van der Waals surface area contributed by atoms with Gasteiger partial charge in [0, 0.05) is 13.0 Å². The van der Waals surface area contributed by atoms with Crippen LogP contribution in [0.2, 0.25) is 0 Å². The van der Waals surface area contributed by atoms with E-state index < -0.39 is 0 Å². The second-order valence-corrected chi connectivity index (χ2v) is 5.53. The second kappa shape index (κ2) is 5.07. The molecule has 2 N–H and O–H groups in total. The zero-order valence-electron chi connectivity index (χ0n) is 9.96. The van der Waals surface area contributed by atoms with E-state index in [-0.39, 0.29) is 6.10 Å². The summed E-state index contributed by atoms with van der Waals surface area (Å²) in [7, 11) is 0. The number of nitrogens with two attached hydrogens (primary N) is 1. The van der Waals surface area contributed by atoms with Gasteiger partial charge in [0.25, 0.3) is 5.89 Å². The molecule has 1 fully saturated rings. The minimum absolute atomic E-state index is 0.234. The summed E-state index contributed by atoms with van der Waals surface area (Å²) in [4.78, 5) is 5.30. The zero-order valence-corrected chi connectivity index (χ0v) is 10.8. The van der Waals surface area contributed by atoms with E-state index in [0.717, 1.165) is 35.7 Å². The number of hydrogen-bond donors (Lipinski definition) is 1. The fraction of sp³-hybridized carbons (Fsp3) is 0.500. The van der Waals surface area contributed by atoms with Crippen molar-refractivity contribution in [1.29, 1.82) is 0 Å². The van der Waals surface area contributed by atoms with Gasteiger partial charge in [0.1, 0.15) is 0 Å². The molecule has 0 radical (unpaired) electrons. The van der Waals surface area contributed by atoms with Crippen molar-refractivity contribution < 1.29 is 9.26 Å². The fourth-order valence-corrected chi connectivity index (χ4v) is 2.77. The van der Waals surface area contributed by atoms with Crippen molar-refractivity contribution in [3.05, 3.63) is 18.0 Å². The van der Waals surface area contributed by atoms with Crippen molar-refractivity contribution >= 4 is 16.3 Å². The van der Waals surface area contributed by atoms with E-state index in [1.165, 1.54) is 17.8 Å². The van der Waals surface area contributed by atoms with Crippen LogP contribution in [0, 0.1) is 0 Å². The highest BCUT2D eigenvalue weighted by molar-refractivity contribution is 7.19. The van der Waals surface area contributed by atoms with Crippen molar-refractivity contribution in [2.75, 3.05) is 12.3 Å². The molecule has 3 heterocycles. The van der Waals surface area contributed by atoms with E-state index in [2.05, 4.69) is 10.1 Å². The summed E-state index contributed by atoms with van der Waals surface area (Å²) in [5.74, 6) is 1.26. The average Bonchev–Trinajstić information content (AvgIpc) is 2.99. The number of nitrogen functional groups attached to an aromatic ring is 1. The highest BCUT2D eigenvalue weighted by atomic mass is 32.1. The maximum atomic E-state index is 5.68. The minimum Gasteiger partial charge on any atom is -0.391 e. The van der Waals surface area contributed by atoms with Crippen molar-refractivity contribution in [3.8, 4) is 10.8 Å². The van der Waals surface area contributed by atoms with Crippen LogP contribution < -0.4 is 5.73 Å². The normalized spacial score (nSPS) is 20.1. The Morgan fingerprint density at radius 1 is 1.39 bits per heavy atom. The van der Waals surface area contributed by atoms with Gasteiger partial charge < -0.3 is 15.0 Å². The zero-order chi connectivity index (χ0) is 12.4. The van der Waals surface area contributed by atoms with Gasteiger partial charge >= 0.3 is 0 Å². The predicted molar refractivity (Wildman–Crippen MR) is 69.3 cm³/mol. The average molecular weight is 265 g/mol. The molecule has 0 amide bonds. The third kappa shape index (κ3) is 2.54. The first-order valence-corrected chi connectivity index (χ1v) is 6.93. The molecule has 3 rings (SSSR count). The number of nitrogens with zero attached hydrogens (tertiary/aromatic N) is 2. The Hall–Kier alpha value is -1.40. The Morgan fingerprint density at radius 3 is 3.06 bits per heavy atom. The molecule has 0 saturated carbocycles. The Balaban J connectivity index is 1.69. The largest absolute Gasteiger partial charge is 0.391 e. The number of hydrogen-bond acceptors (Lipinski definition) is 6. The highest BCUT2D eigenvalue weighted by Gasteiger charge is 2.18. The van der Waals surface area contributed by atoms with Crippen LogP contribution in [-0.4, -0.2) is 22.9 Å². The van der Waals surface area contributed by atoms with Crippen LogP contribution >= 0.6 is 11.3 Å². The molecule has 2 aromatic heterocycles. The van der Waals surface area contributed by atoms with Crippen LogP contribution in [-0.2, 0) is 11.2 Å². The number of rotatable bonds is 3. The lowest BCUT2D eigenvalue weighted by Gasteiger charge is -2.20. The lowest BCUT2D eigenvalue weighted by Crippen LogP contribution is -2.21. The first kappa shape index (κ1) is 11.7. The van der Waals surface area contributed by atoms with E-state index in [1.807, 2.05) is 12.1 Å². The third-order valence-electron chi connectivity index (χ3n) is 2.99. The molecule has 0 spiro atoms. The predicted octanol–water partition coefficient (Wildman–Crippen LogP) is 2.49. The standard InChI is InChI=1S/C12H15N3O2S/c13-10-5-4-9(18-10)12-14-11(15-17-12)7-8-3-1-2-6-16-8/h4-5,8H,1-3,6-7,13H2. The SMILES string of the molecule is Nc1ccc(-c2nc(CC3CCCCO3)no2)s1. The van der Waals surface area contributed by atoms with E-state index in [1.54, 1.807) is 0 Å². The Labute approximate surface area is 109 Å². The first-order chi connectivity index (χ1) is 8.81. The summed E-state index contributed by atoms with van der Waals surface area (Å²) < 4.78 is 10.9. The Kier molecular flexibility index (Phi) is 3.29. The van der Waals surface area contributed by atoms with Crippen LogP contribution in [0.5, 0.6) is 0 Å². The molecule has 0 bridgehead atoms. The molecular weight excluding hydrogens is 250 g/mol. The lowest BCUT2D eigenvalue weighted by molar-refractivity contribution is 0.0153. The molecule has 2 aromatic rings. The summed E-state index contributed by atoms with van der Waals surface area (Å²) in [5.41, 5.74) is 5.68. The van der Waals surface area contributed by atoms with E-state index in [9.17, 15) is 0 Å². The summed E-state index contributed by atoms with van der Waals surface area (Å²) in [5, 5.41) is 4.75. The molecular formula is C12H15N3O2S. The molecule has 0 aliphatic carbocycles. The minimum atomic E-state index is 0.234. The topological polar surface area (TPSA) is 74.2 Å². The Bertz CT molecular complexity index is 517. The molecule has 6 heteroatoms. The molecule has 0 aromatic carbocycles. The van der Waals surface area contributed by atoms with Crippen LogP contribution in [0.3, 0.4) is 0 Å². The molecule has 1 saturated heterocycles.